The molecule has 2 aromatic carbocycles. The zero-order chi connectivity index (χ0) is 26.2. The number of carbonyl (C=O) groups is 1. The van der Waals surface area contributed by atoms with Crippen LogP contribution in [0, 0.1) is 0 Å². The molecule has 1 aliphatic rings. The molecular formula is C28H32N2O6S. The summed E-state index contributed by atoms with van der Waals surface area (Å²) >= 11 is 1.68. The fourth-order valence-corrected chi connectivity index (χ4v) is 4.62. The Labute approximate surface area is 221 Å². The van der Waals surface area contributed by atoms with Crippen LogP contribution in [0.5, 0.6) is 17.2 Å². The molecule has 0 saturated carbocycles. The van der Waals surface area contributed by atoms with Crippen LogP contribution in [0.1, 0.15) is 28.1 Å². The molecule has 9 heteroatoms. The third kappa shape index (κ3) is 6.87. The van der Waals surface area contributed by atoms with Crippen molar-refractivity contribution in [3.63, 3.8) is 0 Å². The predicted octanol–water partition coefficient (Wildman–Crippen LogP) is 4.31. The van der Waals surface area contributed by atoms with Crippen LogP contribution in [0.2, 0.25) is 0 Å². The molecule has 0 aliphatic carbocycles. The van der Waals surface area contributed by atoms with Crippen molar-refractivity contribution in [1.29, 1.82) is 0 Å². The van der Waals surface area contributed by atoms with E-state index in [4.69, 9.17) is 18.6 Å². The van der Waals surface area contributed by atoms with Gasteiger partial charge in [-0.05, 0) is 48.6 Å². The minimum Gasteiger partial charge on any atom is -0.493 e. The van der Waals surface area contributed by atoms with Crippen LogP contribution < -0.4 is 19.6 Å². The van der Waals surface area contributed by atoms with Gasteiger partial charge in [0.25, 0.3) is 5.91 Å². The Bertz CT molecular complexity index is 1260. The quantitative estimate of drug-likeness (QED) is 0.383. The van der Waals surface area contributed by atoms with Gasteiger partial charge >= 0.3 is 0 Å². The average molecular weight is 525 g/mol. The first kappa shape index (κ1) is 26.6. The van der Waals surface area contributed by atoms with Crippen LogP contribution in [0.15, 0.2) is 68.9 Å². The highest BCUT2D eigenvalue weighted by Gasteiger charge is 2.22. The van der Waals surface area contributed by atoms with Crippen LogP contribution in [0.4, 0.5) is 0 Å². The Hall–Kier alpha value is -3.43. The molecule has 37 heavy (non-hydrogen) atoms. The van der Waals surface area contributed by atoms with Gasteiger partial charge in [-0.1, -0.05) is 12.1 Å². The SMILES string of the molecule is COc1ccc(C(=O)N2CCCN(Cc3cc(=O)c(OCc4ccc(SC)cc4)co3)CC2)cc1OC. The molecule has 8 nitrogen and oxygen atoms in total. The first-order chi connectivity index (χ1) is 18.0. The van der Waals surface area contributed by atoms with Crippen molar-refractivity contribution in [1.82, 2.24) is 9.80 Å². The van der Waals surface area contributed by atoms with Gasteiger partial charge in [0.1, 0.15) is 18.6 Å². The zero-order valence-electron chi connectivity index (χ0n) is 21.4. The van der Waals surface area contributed by atoms with E-state index < -0.39 is 0 Å². The largest absolute Gasteiger partial charge is 0.493 e. The maximum Gasteiger partial charge on any atom is 0.254 e. The summed E-state index contributed by atoms with van der Waals surface area (Å²) in [6.45, 7) is 3.49. The minimum atomic E-state index is -0.206. The van der Waals surface area contributed by atoms with E-state index in [0.29, 0.717) is 55.6 Å². The van der Waals surface area contributed by atoms with E-state index in [0.717, 1.165) is 18.5 Å². The Morgan fingerprint density at radius 3 is 2.43 bits per heavy atom. The van der Waals surface area contributed by atoms with Crippen molar-refractivity contribution in [2.45, 2.75) is 24.5 Å². The molecular weight excluding hydrogens is 492 g/mol. The molecule has 0 N–H and O–H groups in total. The van der Waals surface area contributed by atoms with Crippen molar-refractivity contribution < 1.29 is 23.4 Å². The molecule has 0 spiro atoms. The molecule has 0 unspecified atom stereocenters. The van der Waals surface area contributed by atoms with E-state index in [-0.39, 0.29) is 17.1 Å². The van der Waals surface area contributed by atoms with Crippen LogP contribution in [-0.2, 0) is 13.2 Å². The molecule has 0 atom stereocenters. The number of rotatable bonds is 9. The lowest BCUT2D eigenvalue weighted by molar-refractivity contribution is 0.0760. The lowest BCUT2D eigenvalue weighted by Gasteiger charge is -2.22. The van der Waals surface area contributed by atoms with E-state index in [2.05, 4.69) is 4.90 Å². The van der Waals surface area contributed by atoms with Gasteiger partial charge in [0.15, 0.2) is 11.5 Å². The second kappa shape index (κ2) is 12.7. The van der Waals surface area contributed by atoms with Crippen LogP contribution >= 0.6 is 11.8 Å². The van der Waals surface area contributed by atoms with Gasteiger partial charge in [0.05, 0.1) is 20.8 Å². The number of carbonyl (C=O) groups excluding carboxylic acids is 1. The van der Waals surface area contributed by atoms with Crippen molar-refractivity contribution in [3.8, 4) is 17.2 Å². The van der Waals surface area contributed by atoms with Crippen LogP contribution in [-0.4, -0.2) is 62.4 Å². The highest BCUT2D eigenvalue weighted by molar-refractivity contribution is 7.98. The predicted molar refractivity (Wildman–Crippen MR) is 143 cm³/mol. The van der Waals surface area contributed by atoms with Gasteiger partial charge < -0.3 is 23.5 Å². The Kier molecular flexibility index (Phi) is 9.14. The average Bonchev–Trinajstić information content (AvgIpc) is 3.17. The zero-order valence-corrected chi connectivity index (χ0v) is 22.2. The molecule has 1 fully saturated rings. The Morgan fingerprint density at radius 2 is 1.73 bits per heavy atom. The molecule has 2 heterocycles. The monoisotopic (exact) mass is 524 g/mol. The lowest BCUT2D eigenvalue weighted by Crippen LogP contribution is -2.35. The highest BCUT2D eigenvalue weighted by atomic mass is 32.2. The molecule has 0 radical (unpaired) electrons. The van der Waals surface area contributed by atoms with Crippen molar-refractivity contribution in [2.75, 3.05) is 46.7 Å². The number of benzene rings is 2. The van der Waals surface area contributed by atoms with Crippen molar-refractivity contribution in [2.24, 2.45) is 0 Å². The lowest BCUT2D eigenvalue weighted by atomic mass is 10.1. The van der Waals surface area contributed by atoms with Gasteiger partial charge in [0, 0.05) is 42.7 Å². The summed E-state index contributed by atoms with van der Waals surface area (Å²) in [5, 5.41) is 0. The molecule has 4 rings (SSSR count). The molecule has 1 aliphatic heterocycles. The van der Waals surface area contributed by atoms with E-state index in [1.807, 2.05) is 35.4 Å². The maximum absolute atomic E-state index is 13.1. The van der Waals surface area contributed by atoms with Gasteiger partial charge in [-0.25, -0.2) is 0 Å². The van der Waals surface area contributed by atoms with Gasteiger partial charge in [-0.15, -0.1) is 11.8 Å². The fraction of sp³-hybridized carbons (Fsp3) is 0.357. The van der Waals surface area contributed by atoms with Gasteiger partial charge in [0.2, 0.25) is 11.2 Å². The summed E-state index contributed by atoms with van der Waals surface area (Å²) in [5.74, 6) is 1.84. The number of nitrogens with zero attached hydrogens (tertiary/aromatic N) is 2. The molecule has 3 aromatic rings. The van der Waals surface area contributed by atoms with Crippen molar-refractivity contribution in [3.05, 3.63) is 81.9 Å². The van der Waals surface area contributed by atoms with E-state index in [9.17, 15) is 9.59 Å². The van der Waals surface area contributed by atoms with E-state index >= 15 is 0 Å². The summed E-state index contributed by atoms with van der Waals surface area (Å²) in [6, 6.07) is 14.7. The fourth-order valence-electron chi connectivity index (χ4n) is 4.21. The number of thioether (sulfide) groups is 1. The number of methoxy groups -OCH3 is 2. The normalized spacial score (nSPS) is 14.2. The van der Waals surface area contributed by atoms with E-state index in [1.165, 1.54) is 17.2 Å². The van der Waals surface area contributed by atoms with Gasteiger partial charge in [-0.2, -0.15) is 0 Å². The first-order valence-corrected chi connectivity index (χ1v) is 13.3. The first-order valence-electron chi connectivity index (χ1n) is 12.1. The van der Waals surface area contributed by atoms with E-state index in [1.54, 1.807) is 44.2 Å². The molecule has 1 saturated heterocycles. The van der Waals surface area contributed by atoms with Gasteiger partial charge in [-0.3, -0.25) is 14.5 Å². The number of hydrogen-bond acceptors (Lipinski definition) is 8. The third-order valence-electron chi connectivity index (χ3n) is 6.29. The summed E-state index contributed by atoms with van der Waals surface area (Å²) in [4.78, 5) is 30.9. The maximum atomic E-state index is 13.1. The molecule has 1 aromatic heterocycles. The summed E-state index contributed by atoms with van der Waals surface area (Å²) in [7, 11) is 3.12. The second-order valence-electron chi connectivity index (χ2n) is 8.70. The molecule has 196 valence electrons. The summed E-state index contributed by atoms with van der Waals surface area (Å²) in [6.07, 6.45) is 4.23. The summed E-state index contributed by atoms with van der Waals surface area (Å²) < 4.78 is 22.0. The summed E-state index contributed by atoms with van der Waals surface area (Å²) in [5.41, 5.74) is 1.34. The number of amides is 1. The minimum absolute atomic E-state index is 0.0427. The Balaban J connectivity index is 1.32. The smallest absolute Gasteiger partial charge is 0.254 e. The van der Waals surface area contributed by atoms with Crippen molar-refractivity contribution >= 4 is 17.7 Å². The standard InChI is InChI=1S/C28H32N2O6S/c1-33-25-10-7-21(15-26(25)34-2)28(32)30-12-4-11-29(13-14-30)17-22-16-24(31)27(19-35-22)36-18-20-5-8-23(37-3)9-6-20/h5-10,15-16,19H,4,11-14,17-18H2,1-3H3. The Morgan fingerprint density at radius 1 is 0.946 bits per heavy atom. The number of hydrogen-bond donors (Lipinski definition) is 0. The second-order valence-corrected chi connectivity index (χ2v) is 9.58. The topological polar surface area (TPSA) is 81.5 Å². The molecule has 1 amide bonds. The van der Waals surface area contributed by atoms with Crippen LogP contribution in [0.25, 0.3) is 0 Å². The van der Waals surface area contributed by atoms with Crippen LogP contribution in [0.3, 0.4) is 0 Å². The number of ether oxygens (including phenoxy) is 3. The molecule has 0 bridgehead atoms. The third-order valence-corrected chi connectivity index (χ3v) is 7.03. The highest BCUT2D eigenvalue weighted by Crippen LogP contribution is 2.28.